The zero-order chi connectivity index (χ0) is 12.3. The van der Waals surface area contributed by atoms with Crippen molar-refractivity contribution in [3.8, 4) is 0 Å². The lowest BCUT2D eigenvalue weighted by atomic mass is 10.2. The first kappa shape index (κ1) is 11.4. The Bertz CT molecular complexity index is 516. The van der Waals surface area contributed by atoms with Gasteiger partial charge in [0.2, 0.25) is 0 Å². The van der Waals surface area contributed by atoms with Crippen molar-refractivity contribution in [2.24, 2.45) is 7.05 Å². The largest absolute Gasteiger partial charge is 0.353 e. The number of carbonyl (C=O) groups excluding carboxylic acids is 1. The highest BCUT2D eigenvalue weighted by Gasteiger charge is 2.05. The number of carbonyl (C=O) groups is 1. The molecule has 0 unspecified atom stereocenters. The summed E-state index contributed by atoms with van der Waals surface area (Å²) in [5, 5.41) is 2.78. The third kappa shape index (κ3) is 2.72. The van der Waals surface area contributed by atoms with Gasteiger partial charge < -0.3 is 9.88 Å². The molecule has 1 aromatic carbocycles. The van der Waals surface area contributed by atoms with Crippen molar-refractivity contribution in [3.05, 3.63) is 59.7 Å². The molecule has 0 saturated carbocycles. The Kier molecular flexibility index (Phi) is 3.23. The summed E-state index contributed by atoms with van der Waals surface area (Å²) >= 11 is 0. The van der Waals surface area contributed by atoms with Crippen LogP contribution in [0.4, 0.5) is 4.39 Å². The van der Waals surface area contributed by atoms with Crippen LogP contribution in [0.3, 0.4) is 0 Å². The van der Waals surface area contributed by atoms with E-state index in [1.54, 1.807) is 0 Å². The minimum absolute atomic E-state index is 0.203. The molecule has 3 nitrogen and oxygen atoms in total. The number of nitrogens with one attached hydrogen (secondary N) is 1. The van der Waals surface area contributed by atoms with Crippen LogP contribution in [0.25, 0.3) is 0 Å². The van der Waals surface area contributed by atoms with Gasteiger partial charge in [-0.1, -0.05) is 0 Å². The maximum Gasteiger partial charge on any atom is 0.251 e. The van der Waals surface area contributed by atoms with Crippen molar-refractivity contribution in [1.82, 2.24) is 9.88 Å². The molecule has 0 aliphatic rings. The summed E-state index contributed by atoms with van der Waals surface area (Å²) in [7, 11) is 1.92. The first-order chi connectivity index (χ1) is 8.16. The van der Waals surface area contributed by atoms with Gasteiger partial charge in [0.25, 0.3) is 5.91 Å². The van der Waals surface area contributed by atoms with Gasteiger partial charge in [-0.25, -0.2) is 4.39 Å². The number of aromatic nitrogens is 1. The van der Waals surface area contributed by atoms with Gasteiger partial charge >= 0.3 is 0 Å². The van der Waals surface area contributed by atoms with E-state index in [1.807, 2.05) is 29.9 Å². The molecule has 2 rings (SSSR count). The molecule has 0 spiro atoms. The van der Waals surface area contributed by atoms with E-state index < -0.39 is 0 Å². The zero-order valence-corrected chi connectivity index (χ0v) is 9.48. The lowest BCUT2D eigenvalue weighted by Gasteiger charge is -2.06. The van der Waals surface area contributed by atoms with E-state index in [4.69, 9.17) is 0 Å². The molecule has 17 heavy (non-hydrogen) atoms. The van der Waals surface area contributed by atoms with Gasteiger partial charge in [-0.05, 0) is 36.4 Å². The number of aryl methyl sites for hydroxylation is 1. The molecule has 0 bridgehead atoms. The van der Waals surface area contributed by atoms with Gasteiger partial charge in [-0.3, -0.25) is 4.79 Å². The van der Waals surface area contributed by atoms with Crippen LogP contribution in [0.1, 0.15) is 16.1 Å². The standard InChI is InChI=1S/C13H13FN2O/c1-16-8-2-3-12(16)9-15-13(17)10-4-6-11(14)7-5-10/h2-8H,9H2,1H3,(H,15,17). The molecule has 0 radical (unpaired) electrons. The Morgan fingerprint density at radius 3 is 2.59 bits per heavy atom. The van der Waals surface area contributed by atoms with Crippen molar-refractivity contribution >= 4 is 5.91 Å². The van der Waals surface area contributed by atoms with Gasteiger partial charge in [-0.2, -0.15) is 0 Å². The lowest BCUT2D eigenvalue weighted by Crippen LogP contribution is -2.23. The first-order valence-corrected chi connectivity index (χ1v) is 5.31. The van der Waals surface area contributed by atoms with E-state index in [2.05, 4.69) is 5.32 Å². The molecule has 1 amide bonds. The molecule has 1 aromatic heterocycles. The van der Waals surface area contributed by atoms with Crippen LogP contribution in [0.2, 0.25) is 0 Å². The Morgan fingerprint density at radius 1 is 1.29 bits per heavy atom. The van der Waals surface area contributed by atoms with Crippen LogP contribution in [0.15, 0.2) is 42.6 Å². The summed E-state index contributed by atoms with van der Waals surface area (Å²) in [6.45, 7) is 0.458. The molecule has 0 aliphatic carbocycles. The number of amides is 1. The Balaban J connectivity index is 1.98. The number of hydrogen-bond acceptors (Lipinski definition) is 1. The minimum Gasteiger partial charge on any atom is -0.353 e. The second-order valence-corrected chi connectivity index (χ2v) is 3.80. The van der Waals surface area contributed by atoms with Gasteiger partial charge in [0.05, 0.1) is 6.54 Å². The maximum absolute atomic E-state index is 12.7. The molecular weight excluding hydrogens is 219 g/mol. The van der Waals surface area contributed by atoms with Crippen molar-refractivity contribution in [2.45, 2.75) is 6.54 Å². The van der Waals surface area contributed by atoms with Crippen LogP contribution >= 0.6 is 0 Å². The third-order valence-corrected chi connectivity index (χ3v) is 2.59. The SMILES string of the molecule is Cn1cccc1CNC(=O)c1ccc(F)cc1. The van der Waals surface area contributed by atoms with E-state index >= 15 is 0 Å². The molecule has 0 atom stereocenters. The van der Waals surface area contributed by atoms with E-state index in [0.29, 0.717) is 12.1 Å². The normalized spacial score (nSPS) is 10.2. The first-order valence-electron chi connectivity index (χ1n) is 5.31. The van der Waals surface area contributed by atoms with E-state index in [9.17, 15) is 9.18 Å². The van der Waals surface area contributed by atoms with E-state index in [-0.39, 0.29) is 11.7 Å². The smallest absolute Gasteiger partial charge is 0.251 e. The van der Waals surface area contributed by atoms with Crippen LogP contribution < -0.4 is 5.32 Å². The quantitative estimate of drug-likeness (QED) is 0.863. The van der Waals surface area contributed by atoms with Crippen molar-refractivity contribution < 1.29 is 9.18 Å². The number of hydrogen-bond donors (Lipinski definition) is 1. The predicted octanol–water partition coefficient (Wildman–Crippen LogP) is 2.09. The van der Waals surface area contributed by atoms with E-state index in [1.165, 1.54) is 24.3 Å². The molecular formula is C13H13FN2O. The Morgan fingerprint density at radius 2 is 2.00 bits per heavy atom. The molecule has 4 heteroatoms. The number of nitrogens with zero attached hydrogens (tertiary/aromatic N) is 1. The maximum atomic E-state index is 12.7. The average Bonchev–Trinajstić information content (AvgIpc) is 2.73. The second kappa shape index (κ2) is 4.82. The number of halogens is 1. The molecule has 88 valence electrons. The van der Waals surface area contributed by atoms with E-state index in [0.717, 1.165) is 5.69 Å². The third-order valence-electron chi connectivity index (χ3n) is 2.59. The molecule has 0 fully saturated rings. The summed E-state index contributed by atoms with van der Waals surface area (Å²) in [5.41, 5.74) is 1.47. The van der Waals surface area contributed by atoms with Gasteiger partial charge in [0, 0.05) is 24.5 Å². The zero-order valence-electron chi connectivity index (χ0n) is 9.48. The summed E-state index contributed by atoms with van der Waals surface area (Å²) in [4.78, 5) is 11.7. The predicted molar refractivity (Wildman–Crippen MR) is 63.0 cm³/mol. The summed E-state index contributed by atoms with van der Waals surface area (Å²) in [6.07, 6.45) is 1.92. The number of benzene rings is 1. The highest BCUT2D eigenvalue weighted by atomic mass is 19.1. The Labute approximate surface area is 98.9 Å². The topological polar surface area (TPSA) is 34.0 Å². The minimum atomic E-state index is -0.344. The highest BCUT2D eigenvalue weighted by Crippen LogP contribution is 2.04. The fraction of sp³-hybridized carbons (Fsp3) is 0.154. The van der Waals surface area contributed by atoms with Gasteiger partial charge in [-0.15, -0.1) is 0 Å². The summed E-state index contributed by atoms with van der Waals surface area (Å²) in [5.74, 6) is -0.546. The lowest BCUT2D eigenvalue weighted by molar-refractivity contribution is 0.0950. The second-order valence-electron chi connectivity index (χ2n) is 3.80. The average molecular weight is 232 g/mol. The van der Waals surface area contributed by atoms with Crippen molar-refractivity contribution in [2.75, 3.05) is 0 Å². The fourth-order valence-corrected chi connectivity index (χ4v) is 1.55. The summed E-state index contributed by atoms with van der Waals surface area (Å²) < 4.78 is 14.6. The summed E-state index contributed by atoms with van der Waals surface area (Å²) in [6, 6.07) is 9.34. The van der Waals surface area contributed by atoms with Gasteiger partial charge in [0.15, 0.2) is 0 Å². The molecule has 1 heterocycles. The van der Waals surface area contributed by atoms with Crippen LogP contribution in [0.5, 0.6) is 0 Å². The molecule has 0 aliphatic heterocycles. The van der Waals surface area contributed by atoms with Crippen molar-refractivity contribution in [1.29, 1.82) is 0 Å². The molecule has 1 N–H and O–H groups in total. The van der Waals surface area contributed by atoms with Crippen LogP contribution in [-0.4, -0.2) is 10.5 Å². The molecule has 0 saturated heterocycles. The molecule has 2 aromatic rings. The fourth-order valence-electron chi connectivity index (χ4n) is 1.55. The van der Waals surface area contributed by atoms with Crippen molar-refractivity contribution in [3.63, 3.8) is 0 Å². The number of rotatable bonds is 3. The monoisotopic (exact) mass is 232 g/mol. The van der Waals surface area contributed by atoms with Crippen LogP contribution in [-0.2, 0) is 13.6 Å². The van der Waals surface area contributed by atoms with Gasteiger partial charge in [0.1, 0.15) is 5.82 Å². The highest BCUT2D eigenvalue weighted by molar-refractivity contribution is 5.94. The Hall–Kier alpha value is -2.10. The van der Waals surface area contributed by atoms with Crippen LogP contribution in [0, 0.1) is 5.82 Å².